The van der Waals surface area contributed by atoms with Crippen LogP contribution in [0.15, 0.2) is 41.3 Å². The van der Waals surface area contributed by atoms with Crippen molar-refractivity contribution in [1.29, 1.82) is 0 Å². The van der Waals surface area contributed by atoms with E-state index in [-0.39, 0.29) is 29.9 Å². The first-order valence-corrected chi connectivity index (χ1v) is 12.5. The molecule has 0 radical (unpaired) electrons. The fourth-order valence-corrected chi connectivity index (χ4v) is 5.86. The van der Waals surface area contributed by atoms with Gasteiger partial charge >= 0.3 is 5.97 Å². The maximum atomic E-state index is 12.4. The Balaban J connectivity index is 1.75. The monoisotopic (exact) mass is 470 g/mol. The number of carbonyl (C=O) groups excluding carboxylic acids is 1. The van der Waals surface area contributed by atoms with Crippen LogP contribution in [-0.4, -0.2) is 36.2 Å². The van der Waals surface area contributed by atoms with Crippen molar-refractivity contribution in [3.8, 4) is 0 Å². The second kappa shape index (κ2) is 8.62. The zero-order valence-electron chi connectivity index (χ0n) is 18.8. The first kappa shape index (κ1) is 23.0. The van der Waals surface area contributed by atoms with Gasteiger partial charge in [-0.2, -0.15) is 0 Å². The van der Waals surface area contributed by atoms with Crippen LogP contribution >= 0.6 is 0 Å². The number of esters is 1. The molecule has 2 heterocycles. The lowest BCUT2D eigenvalue weighted by atomic mass is 9.99. The first-order chi connectivity index (χ1) is 15.6. The molecule has 3 aromatic rings. The number of rotatable bonds is 7. The Morgan fingerprint density at radius 1 is 1.21 bits per heavy atom. The Kier molecular flexibility index (Phi) is 6.00. The van der Waals surface area contributed by atoms with Gasteiger partial charge in [0.2, 0.25) is 0 Å². The average Bonchev–Trinajstić information content (AvgIpc) is 3.20. The molecule has 0 unspecified atom stereocenters. The van der Waals surface area contributed by atoms with Crippen LogP contribution in [0, 0.1) is 23.0 Å². The molecule has 0 bridgehead atoms. The number of nitrogens with zero attached hydrogens (tertiary/aromatic N) is 2. The van der Waals surface area contributed by atoms with Gasteiger partial charge in [0.15, 0.2) is 9.84 Å². The predicted octanol–water partition coefficient (Wildman–Crippen LogP) is 3.98. The van der Waals surface area contributed by atoms with Crippen LogP contribution in [0.1, 0.15) is 36.2 Å². The predicted molar refractivity (Wildman–Crippen MR) is 124 cm³/mol. The number of non-ortho nitro benzene ring substituents is 1. The van der Waals surface area contributed by atoms with Gasteiger partial charge in [-0.05, 0) is 54.5 Å². The van der Waals surface area contributed by atoms with Gasteiger partial charge in [-0.25, -0.2) is 8.42 Å². The molecule has 33 heavy (non-hydrogen) atoms. The number of carbonyl (C=O) groups is 1. The topological polar surface area (TPSA) is 109 Å². The van der Waals surface area contributed by atoms with Crippen molar-refractivity contribution >= 4 is 32.4 Å². The lowest BCUT2D eigenvalue weighted by Crippen LogP contribution is -2.17. The standard InChI is InChI=1S/C24H26N2O6S/c1-15(2)14-32-24(27)13-25-16(3)20(21-12-19(26(28)29)5-6-22(21)25)11-17-4-7-23-18(10-17)8-9-33(23,30)31/h4-7,10,12,15H,8-9,11,13-14H2,1-3H3. The van der Waals surface area contributed by atoms with Crippen molar-refractivity contribution in [2.24, 2.45) is 5.92 Å². The molecule has 0 saturated heterocycles. The molecule has 0 amide bonds. The Labute approximate surface area is 192 Å². The molecule has 0 spiro atoms. The second-order valence-electron chi connectivity index (χ2n) is 8.87. The third-order valence-electron chi connectivity index (χ3n) is 5.99. The molecule has 0 saturated carbocycles. The number of benzene rings is 2. The summed E-state index contributed by atoms with van der Waals surface area (Å²) < 4.78 is 31.5. The largest absolute Gasteiger partial charge is 0.464 e. The highest BCUT2D eigenvalue weighted by atomic mass is 32.2. The van der Waals surface area contributed by atoms with E-state index in [1.165, 1.54) is 12.1 Å². The number of hydrogen-bond acceptors (Lipinski definition) is 6. The van der Waals surface area contributed by atoms with Gasteiger partial charge < -0.3 is 9.30 Å². The SMILES string of the molecule is Cc1c(Cc2ccc3c(c2)CCS3(=O)=O)c2cc([N+](=O)[O-])ccc2n1CC(=O)OCC(C)C. The summed E-state index contributed by atoms with van der Waals surface area (Å²) in [5, 5.41) is 12.1. The normalized spacial score (nSPS) is 14.5. The van der Waals surface area contributed by atoms with Gasteiger partial charge in [0.25, 0.3) is 5.69 Å². The van der Waals surface area contributed by atoms with E-state index in [0.717, 1.165) is 27.9 Å². The quantitative estimate of drug-likeness (QED) is 0.294. The summed E-state index contributed by atoms with van der Waals surface area (Å²) in [5.74, 6) is -0.0240. The summed E-state index contributed by atoms with van der Waals surface area (Å²) in [4.78, 5) is 23.8. The molecule has 8 nitrogen and oxygen atoms in total. The van der Waals surface area contributed by atoms with Crippen LogP contribution in [0.2, 0.25) is 0 Å². The summed E-state index contributed by atoms with van der Waals surface area (Å²) in [6, 6.07) is 9.96. The molecule has 4 rings (SSSR count). The maximum absolute atomic E-state index is 12.4. The van der Waals surface area contributed by atoms with Crippen LogP contribution in [0.25, 0.3) is 10.9 Å². The smallest absolute Gasteiger partial charge is 0.325 e. The van der Waals surface area contributed by atoms with Crippen LogP contribution in [-0.2, 0) is 38.8 Å². The number of sulfone groups is 1. The van der Waals surface area contributed by atoms with E-state index >= 15 is 0 Å². The molecule has 0 atom stereocenters. The molecule has 174 valence electrons. The van der Waals surface area contributed by atoms with E-state index in [9.17, 15) is 23.3 Å². The lowest BCUT2D eigenvalue weighted by molar-refractivity contribution is -0.384. The fourth-order valence-electron chi connectivity index (χ4n) is 4.31. The Hall–Kier alpha value is -3.20. The molecular formula is C24H26N2O6S. The Morgan fingerprint density at radius 3 is 2.67 bits per heavy atom. The first-order valence-electron chi connectivity index (χ1n) is 10.8. The van der Waals surface area contributed by atoms with Crippen LogP contribution < -0.4 is 0 Å². The number of aryl methyl sites for hydroxylation is 1. The lowest BCUT2D eigenvalue weighted by Gasteiger charge is -2.11. The minimum absolute atomic E-state index is 0.00922. The van der Waals surface area contributed by atoms with E-state index in [1.807, 2.05) is 31.4 Å². The van der Waals surface area contributed by atoms with Crippen molar-refractivity contribution in [1.82, 2.24) is 4.57 Å². The van der Waals surface area contributed by atoms with Crippen molar-refractivity contribution in [3.05, 3.63) is 68.9 Å². The molecule has 0 fully saturated rings. The summed E-state index contributed by atoms with van der Waals surface area (Å²) >= 11 is 0. The van der Waals surface area contributed by atoms with E-state index < -0.39 is 14.8 Å². The third kappa shape index (κ3) is 4.50. The highest BCUT2D eigenvalue weighted by Gasteiger charge is 2.26. The highest BCUT2D eigenvalue weighted by molar-refractivity contribution is 7.91. The second-order valence-corrected chi connectivity index (χ2v) is 11.0. The average molecular weight is 471 g/mol. The summed E-state index contributed by atoms with van der Waals surface area (Å²) in [7, 11) is -3.20. The molecule has 2 aromatic carbocycles. The van der Waals surface area contributed by atoms with Gasteiger partial charge in [0.05, 0.1) is 22.2 Å². The van der Waals surface area contributed by atoms with E-state index in [2.05, 4.69) is 0 Å². The van der Waals surface area contributed by atoms with Crippen molar-refractivity contribution in [2.75, 3.05) is 12.4 Å². The molecule has 1 aliphatic rings. The molecule has 0 aliphatic carbocycles. The number of aromatic nitrogens is 1. The zero-order chi connectivity index (χ0) is 23.9. The highest BCUT2D eigenvalue weighted by Crippen LogP contribution is 2.33. The minimum Gasteiger partial charge on any atom is -0.464 e. The number of hydrogen-bond donors (Lipinski definition) is 0. The summed E-state index contributed by atoms with van der Waals surface area (Å²) in [6.07, 6.45) is 0.949. The third-order valence-corrected chi connectivity index (χ3v) is 7.80. The maximum Gasteiger partial charge on any atom is 0.325 e. The van der Waals surface area contributed by atoms with Gasteiger partial charge in [-0.3, -0.25) is 14.9 Å². The minimum atomic E-state index is -3.20. The van der Waals surface area contributed by atoms with Gasteiger partial charge in [0, 0.05) is 28.7 Å². The van der Waals surface area contributed by atoms with Crippen LogP contribution in [0.4, 0.5) is 5.69 Å². The van der Waals surface area contributed by atoms with Gasteiger partial charge in [-0.1, -0.05) is 26.0 Å². The number of nitro benzene ring substituents is 1. The van der Waals surface area contributed by atoms with E-state index in [4.69, 9.17) is 4.74 Å². The van der Waals surface area contributed by atoms with Crippen LogP contribution in [0.5, 0.6) is 0 Å². The number of fused-ring (bicyclic) bond motifs is 2. The van der Waals surface area contributed by atoms with Gasteiger partial charge in [-0.15, -0.1) is 0 Å². The van der Waals surface area contributed by atoms with Crippen LogP contribution in [0.3, 0.4) is 0 Å². The molecule has 1 aliphatic heterocycles. The van der Waals surface area contributed by atoms with Crippen molar-refractivity contribution in [3.63, 3.8) is 0 Å². The Bertz CT molecular complexity index is 1370. The molecule has 9 heteroatoms. The Morgan fingerprint density at radius 2 is 1.97 bits per heavy atom. The number of ether oxygens (including phenoxy) is 1. The summed E-state index contributed by atoms with van der Waals surface area (Å²) in [5.41, 5.74) is 4.10. The van der Waals surface area contributed by atoms with Gasteiger partial charge in [0.1, 0.15) is 6.54 Å². The fraction of sp³-hybridized carbons (Fsp3) is 0.375. The van der Waals surface area contributed by atoms with E-state index in [1.54, 1.807) is 18.2 Å². The van der Waals surface area contributed by atoms with Crippen molar-refractivity contribution < 1.29 is 22.9 Å². The molecular weight excluding hydrogens is 444 g/mol. The molecule has 1 aromatic heterocycles. The van der Waals surface area contributed by atoms with Crippen molar-refractivity contribution in [2.45, 2.75) is 45.1 Å². The molecule has 0 N–H and O–H groups in total. The summed E-state index contributed by atoms with van der Waals surface area (Å²) in [6.45, 7) is 6.14. The zero-order valence-corrected chi connectivity index (χ0v) is 19.6. The van der Waals surface area contributed by atoms with E-state index in [0.29, 0.717) is 29.7 Å². The number of nitro groups is 1.